The number of aryl methyl sites for hydroxylation is 2. The standard InChI is InChI=1S/C24H28N2O3S/c1-16-12-17(2)23-18(13-16)20(27)14-21(29-23)24(28)25-15-19(22-8-7-11-30-22)26-9-5-3-4-6-10-26/h7-8,11-14,19H,3-6,9-10,15H2,1-2H3,(H,25,28)/t19-/m0/s1. The van der Waals surface area contributed by atoms with E-state index in [-0.39, 0.29) is 23.1 Å². The summed E-state index contributed by atoms with van der Waals surface area (Å²) in [5.74, 6) is -0.273. The molecule has 1 aliphatic heterocycles. The largest absolute Gasteiger partial charge is 0.450 e. The Morgan fingerprint density at radius 3 is 2.63 bits per heavy atom. The fraction of sp³-hybridized carbons (Fsp3) is 0.417. The van der Waals surface area contributed by atoms with Crippen LogP contribution in [0.1, 0.15) is 58.3 Å². The Morgan fingerprint density at radius 2 is 1.93 bits per heavy atom. The maximum Gasteiger partial charge on any atom is 0.287 e. The summed E-state index contributed by atoms with van der Waals surface area (Å²) in [6.45, 7) is 6.42. The van der Waals surface area contributed by atoms with E-state index >= 15 is 0 Å². The lowest BCUT2D eigenvalue weighted by molar-refractivity contribution is 0.0907. The Bertz CT molecular complexity index is 1080. The van der Waals surface area contributed by atoms with Gasteiger partial charge in [-0.3, -0.25) is 14.5 Å². The molecule has 3 heterocycles. The maximum absolute atomic E-state index is 12.9. The third-order valence-electron chi connectivity index (χ3n) is 5.79. The lowest BCUT2D eigenvalue weighted by atomic mass is 10.1. The summed E-state index contributed by atoms with van der Waals surface area (Å²) < 4.78 is 5.86. The van der Waals surface area contributed by atoms with Crippen LogP contribution in [-0.4, -0.2) is 30.4 Å². The predicted molar refractivity (Wildman–Crippen MR) is 121 cm³/mol. The van der Waals surface area contributed by atoms with E-state index in [1.165, 1.54) is 36.6 Å². The van der Waals surface area contributed by atoms with Crippen molar-refractivity contribution >= 4 is 28.2 Å². The highest BCUT2D eigenvalue weighted by Crippen LogP contribution is 2.27. The van der Waals surface area contributed by atoms with Crippen molar-refractivity contribution in [2.24, 2.45) is 0 Å². The normalized spacial score (nSPS) is 16.3. The molecule has 3 aromatic rings. The number of benzene rings is 1. The second kappa shape index (κ2) is 9.14. The first-order valence-corrected chi connectivity index (χ1v) is 11.5. The molecule has 5 nitrogen and oxygen atoms in total. The first-order chi connectivity index (χ1) is 14.5. The summed E-state index contributed by atoms with van der Waals surface area (Å²) in [4.78, 5) is 29.2. The van der Waals surface area contributed by atoms with Gasteiger partial charge in [-0.1, -0.05) is 25.0 Å². The van der Waals surface area contributed by atoms with Gasteiger partial charge in [-0.25, -0.2) is 0 Å². The van der Waals surface area contributed by atoms with Gasteiger partial charge in [0, 0.05) is 17.5 Å². The van der Waals surface area contributed by atoms with Crippen molar-refractivity contribution < 1.29 is 9.21 Å². The number of carbonyl (C=O) groups is 1. The highest BCUT2D eigenvalue weighted by atomic mass is 32.1. The maximum atomic E-state index is 12.9. The van der Waals surface area contributed by atoms with Crippen LogP contribution in [0.25, 0.3) is 11.0 Å². The van der Waals surface area contributed by atoms with E-state index in [4.69, 9.17) is 4.42 Å². The number of nitrogens with zero attached hydrogens (tertiary/aromatic N) is 1. The van der Waals surface area contributed by atoms with Crippen LogP contribution in [0, 0.1) is 13.8 Å². The summed E-state index contributed by atoms with van der Waals surface area (Å²) in [6.07, 6.45) is 4.91. The zero-order chi connectivity index (χ0) is 21.1. The van der Waals surface area contributed by atoms with Crippen molar-refractivity contribution in [1.82, 2.24) is 10.2 Å². The van der Waals surface area contributed by atoms with Crippen LogP contribution >= 0.6 is 11.3 Å². The van der Waals surface area contributed by atoms with Gasteiger partial charge >= 0.3 is 0 Å². The van der Waals surface area contributed by atoms with Crippen LogP contribution in [0.5, 0.6) is 0 Å². The van der Waals surface area contributed by atoms with Crippen LogP contribution in [0.4, 0.5) is 0 Å². The Hall–Kier alpha value is -2.44. The third-order valence-corrected chi connectivity index (χ3v) is 6.76. The van der Waals surface area contributed by atoms with Gasteiger partial charge in [0.15, 0.2) is 11.2 Å². The van der Waals surface area contributed by atoms with Gasteiger partial charge in [0.1, 0.15) is 5.58 Å². The predicted octanol–water partition coefficient (Wildman–Crippen LogP) is 4.82. The van der Waals surface area contributed by atoms with Gasteiger partial charge < -0.3 is 9.73 Å². The first kappa shape index (κ1) is 20.8. The van der Waals surface area contributed by atoms with Crippen molar-refractivity contribution in [3.63, 3.8) is 0 Å². The van der Waals surface area contributed by atoms with Crippen molar-refractivity contribution in [3.05, 3.63) is 67.7 Å². The zero-order valence-electron chi connectivity index (χ0n) is 17.6. The molecule has 1 aliphatic rings. The van der Waals surface area contributed by atoms with E-state index < -0.39 is 0 Å². The molecule has 1 saturated heterocycles. The van der Waals surface area contributed by atoms with E-state index in [9.17, 15) is 9.59 Å². The number of likely N-dealkylation sites (tertiary alicyclic amines) is 1. The Morgan fingerprint density at radius 1 is 1.17 bits per heavy atom. The molecule has 158 valence electrons. The van der Waals surface area contributed by atoms with Crippen LogP contribution in [0.2, 0.25) is 0 Å². The van der Waals surface area contributed by atoms with E-state index in [1.807, 2.05) is 26.0 Å². The number of rotatable bonds is 5. The monoisotopic (exact) mass is 424 g/mol. The van der Waals surface area contributed by atoms with Gasteiger partial charge in [-0.15, -0.1) is 11.3 Å². The topological polar surface area (TPSA) is 62.6 Å². The number of hydrogen-bond acceptors (Lipinski definition) is 5. The van der Waals surface area contributed by atoms with Gasteiger partial charge in [0.2, 0.25) is 0 Å². The van der Waals surface area contributed by atoms with Crippen molar-refractivity contribution in [3.8, 4) is 0 Å². The van der Waals surface area contributed by atoms with Gasteiger partial charge in [0.05, 0.1) is 11.4 Å². The lowest BCUT2D eigenvalue weighted by Gasteiger charge is -2.30. The Kier molecular flexibility index (Phi) is 6.35. The molecule has 0 radical (unpaired) electrons. The molecule has 0 unspecified atom stereocenters. The molecule has 0 saturated carbocycles. The Labute approximate surface area is 180 Å². The molecule has 2 aromatic heterocycles. The molecule has 1 N–H and O–H groups in total. The zero-order valence-corrected chi connectivity index (χ0v) is 18.4. The fourth-order valence-electron chi connectivity index (χ4n) is 4.29. The number of hydrogen-bond donors (Lipinski definition) is 1. The highest BCUT2D eigenvalue weighted by Gasteiger charge is 2.24. The molecule has 1 amide bonds. The molecule has 1 fully saturated rings. The average molecular weight is 425 g/mol. The molecule has 1 aromatic carbocycles. The summed E-state index contributed by atoms with van der Waals surface area (Å²) >= 11 is 1.72. The molecule has 30 heavy (non-hydrogen) atoms. The molecule has 1 atom stereocenters. The first-order valence-electron chi connectivity index (χ1n) is 10.6. The second-order valence-electron chi connectivity index (χ2n) is 8.12. The summed E-state index contributed by atoms with van der Waals surface area (Å²) in [5, 5.41) is 5.62. The second-order valence-corrected chi connectivity index (χ2v) is 9.10. The molecule has 0 bridgehead atoms. The molecular formula is C24H28N2O3S. The molecular weight excluding hydrogens is 396 g/mol. The van der Waals surface area contributed by atoms with E-state index in [1.54, 1.807) is 11.3 Å². The van der Waals surface area contributed by atoms with E-state index in [2.05, 4.69) is 27.7 Å². The number of fused-ring (bicyclic) bond motifs is 1. The van der Waals surface area contributed by atoms with Gasteiger partial charge in [-0.05, 0) is 68.4 Å². The summed E-state index contributed by atoms with van der Waals surface area (Å²) in [7, 11) is 0. The van der Waals surface area contributed by atoms with Crippen molar-refractivity contribution in [1.29, 1.82) is 0 Å². The minimum atomic E-state index is -0.342. The van der Waals surface area contributed by atoms with Gasteiger partial charge in [0.25, 0.3) is 5.91 Å². The fourth-order valence-corrected chi connectivity index (χ4v) is 5.16. The summed E-state index contributed by atoms with van der Waals surface area (Å²) in [6, 6.07) is 9.40. The average Bonchev–Trinajstić information content (AvgIpc) is 3.11. The Balaban J connectivity index is 1.55. The van der Waals surface area contributed by atoms with Gasteiger partial charge in [-0.2, -0.15) is 0 Å². The molecule has 6 heteroatoms. The minimum Gasteiger partial charge on any atom is -0.450 e. The number of thiophene rings is 1. The highest BCUT2D eigenvalue weighted by molar-refractivity contribution is 7.10. The minimum absolute atomic E-state index is 0.0697. The van der Waals surface area contributed by atoms with Crippen LogP contribution in [0.3, 0.4) is 0 Å². The number of carbonyl (C=O) groups excluding carboxylic acids is 1. The SMILES string of the molecule is Cc1cc(C)c2oc(C(=O)NC[C@@H](c3cccs3)N3CCCCCC3)cc(=O)c2c1. The van der Waals surface area contributed by atoms with Crippen molar-refractivity contribution in [2.45, 2.75) is 45.6 Å². The van der Waals surface area contributed by atoms with Crippen LogP contribution < -0.4 is 10.7 Å². The van der Waals surface area contributed by atoms with Crippen LogP contribution in [-0.2, 0) is 0 Å². The summed E-state index contributed by atoms with van der Waals surface area (Å²) in [5.41, 5.74) is 2.16. The smallest absolute Gasteiger partial charge is 0.287 e. The quantitative estimate of drug-likeness (QED) is 0.638. The van der Waals surface area contributed by atoms with E-state index in [0.29, 0.717) is 17.5 Å². The third kappa shape index (κ3) is 4.50. The van der Waals surface area contributed by atoms with Crippen molar-refractivity contribution in [2.75, 3.05) is 19.6 Å². The number of nitrogens with one attached hydrogen (secondary N) is 1. The van der Waals surface area contributed by atoms with E-state index in [0.717, 1.165) is 24.2 Å². The molecule has 0 aliphatic carbocycles. The van der Waals surface area contributed by atoms with Crippen LogP contribution in [0.15, 0.2) is 44.9 Å². The number of amides is 1. The molecule has 4 rings (SSSR count). The molecule has 0 spiro atoms. The lowest BCUT2D eigenvalue weighted by Crippen LogP contribution is -2.38.